The maximum Gasteiger partial charge on any atom is 0.338 e. The lowest BCUT2D eigenvalue weighted by Gasteiger charge is -2.10. The molecule has 0 bridgehead atoms. The number of nitrogens with one attached hydrogen (secondary N) is 1. The molecule has 1 aliphatic rings. The summed E-state index contributed by atoms with van der Waals surface area (Å²) in [6, 6.07) is 13.9. The van der Waals surface area contributed by atoms with E-state index in [9.17, 15) is 14.4 Å². The number of aryl methyl sites for hydroxylation is 1. The molecule has 0 saturated carbocycles. The molecule has 2 amide bonds. The maximum atomic E-state index is 12.4. The second-order valence-corrected chi connectivity index (χ2v) is 8.37. The van der Waals surface area contributed by atoms with Crippen LogP contribution in [0.2, 0.25) is 0 Å². The van der Waals surface area contributed by atoms with E-state index >= 15 is 0 Å². The van der Waals surface area contributed by atoms with Gasteiger partial charge < -0.3 is 10.1 Å². The van der Waals surface area contributed by atoms with E-state index in [0.717, 1.165) is 11.1 Å². The van der Waals surface area contributed by atoms with Crippen molar-refractivity contribution in [3.8, 4) is 0 Å². The topological polar surface area (TPSA) is 75.7 Å². The summed E-state index contributed by atoms with van der Waals surface area (Å²) in [5.74, 6) is -1.20. The quantitative estimate of drug-likeness (QED) is 0.294. The van der Waals surface area contributed by atoms with Gasteiger partial charge in [-0.1, -0.05) is 59.9 Å². The molecule has 31 heavy (non-hydrogen) atoms. The molecule has 1 N–H and O–H groups in total. The summed E-state index contributed by atoms with van der Waals surface area (Å²) in [6.45, 7) is 5.55. The number of hydrogen-bond acceptors (Lipinski definition) is 6. The van der Waals surface area contributed by atoms with Crippen LogP contribution in [0.1, 0.15) is 21.5 Å². The first-order chi connectivity index (χ1) is 14.9. The standard InChI is InChI=1S/C23H20N2O4S2/c1-3-12-25-21(27)19(31-23(25)30)13-16-6-8-17(9-7-16)22(28)29-14-20(26)24-18-10-4-15(2)5-11-18/h3-11,13H,1,12,14H2,2H3,(H,24,26)/b19-13+. The van der Waals surface area contributed by atoms with Crippen molar-refractivity contribution in [1.82, 2.24) is 4.90 Å². The van der Waals surface area contributed by atoms with E-state index in [4.69, 9.17) is 17.0 Å². The number of benzene rings is 2. The normalized spacial score (nSPS) is 14.6. The van der Waals surface area contributed by atoms with Gasteiger partial charge in [-0.05, 0) is 42.8 Å². The van der Waals surface area contributed by atoms with Crippen molar-refractivity contribution in [2.24, 2.45) is 0 Å². The highest BCUT2D eigenvalue weighted by atomic mass is 32.2. The molecule has 3 rings (SSSR count). The summed E-state index contributed by atoms with van der Waals surface area (Å²) in [6.07, 6.45) is 3.33. The van der Waals surface area contributed by atoms with Crippen molar-refractivity contribution < 1.29 is 19.1 Å². The Morgan fingerprint density at radius 3 is 2.48 bits per heavy atom. The molecule has 8 heteroatoms. The lowest BCUT2D eigenvalue weighted by atomic mass is 10.1. The molecule has 2 aromatic rings. The van der Waals surface area contributed by atoms with E-state index in [0.29, 0.717) is 27.0 Å². The largest absolute Gasteiger partial charge is 0.452 e. The number of anilines is 1. The summed E-state index contributed by atoms with van der Waals surface area (Å²) in [5.41, 5.74) is 2.76. The highest BCUT2D eigenvalue weighted by molar-refractivity contribution is 8.26. The molecule has 0 atom stereocenters. The van der Waals surface area contributed by atoms with Crippen LogP contribution in [0.3, 0.4) is 0 Å². The second-order valence-electron chi connectivity index (χ2n) is 6.69. The predicted molar refractivity (Wildman–Crippen MR) is 127 cm³/mol. The van der Waals surface area contributed by atoms with E-state index in [-0.39, 0.29) is 12.5 Å². The van der Waals surface area contributed by atoms with E-state index in [1.165, 1.54) is 16.7 Å². The summed E-state index contributed by atoms with van der Waals surface area (Å²) < 4.78 is 5.56. The highest BCUT2D eigenvalue weighted by Crippen LogP contribution is 2.32. The van der Waals surface area contributed by atoms with Crippen LogP contribution in [0.5, 0.6) is 0 Å². The number of thioether (sulfide) groups is 1. The van der Waals surface area contributed by atoms with Gasteiger partial charge in [0.05, 0.1) is 10.5 Å². The van der Waals surface area contributed by atoms with Crippen LogP contribution >= 0.6 is 24.0 Å². The Bertz CT molecular complexity index is 1060. The first-order valence-corrected chi connectivity index (χ1v) is 10.6. The third-order valence-electron chi connectivity index (χ3n) is 4.30. The van der Waals surface area contributed by atoms with Gasteiger partial charge in [-0.25, -0.2) is 4.79 Å². The molecule has 1 heterocycles. The summed E-state index contributed by atoms with van der Waals surface area (Å²) in [5, 5.41) is 2.67. The molecule has 6 nitrogen and oxygen atoms in total. The monoisotopic (exact) mass is 452 g/mol. The van der Waals surface area contributed by atoms with Gasteiger partial charge in [0.25, 0.3) is 11.8 Å². The van der Waals surface area contributed by atoms with Crippen LogP contribution in [0.4, 0.5) is 5.69 Å². The average Bonchev–Trinajstić information content (AvgIpc) is 3.02. The lowest BCUT2D eigenvalue weighted by molar-refractivity contribution is -0.121. The van der Waals surface area contributed by atoms with Crippen molar-refractivity contribution in [1.29, 1.82) is 0 Å². The van der Waals surface area contributed by atoms with Gasteiger partial charge in [-0.2, -0.15) is 0 Å². The number of hydrogen-bond donors (Lipinski definition) is 1. The number of amides is 2. The minimum atomic E-state index is -0.608. The first kappa shape index (κ1) is 22.5. The summed E-state index contributed by atoms with van der Waals surface area (Å²) >= 11 is 6.44. The van der Waals surface area contributed by atoms with Gasteiger partial charge >= 0.3 is 5.97 Å². The molecule has 1 saturated heterocycles. The van der Waals surface area contributed by atoms with Gasteiger partial charge in [0, 0.05) is 12.2 Å². The third-order valence-corrected chi connectivity index (χ3v) is 5.68. The fourth-order valence-electron chi connectivity index (χ4n) is 2.70. The Morgan fingerprint density at radius 2 is 1.84 bits per heavy atom. The fourth-order valence-corrected chi connectivity index (χ4v) is 3.98. The van der Waals surface area contributed by atoms with Crippen molar-refractivity contribution in [3.63, 3.8) is 0 Å². The lowest BCUT2D eigenvalue weighted by Crippen LogP contribution is -2.27. The van der Waals surface area contributed by atoms with Crippen molar-refractivity contribution in [2.75, 3.05) is 18.5 Å². The summed E-state index contributed by atoms with van der Waals surface area (Å²) in [7, 11) is 0. The fraction of sp³-hybridized carbons (Fsp3) is 0.130. The number of carbonyl (C=O) groups excluding carboxylic acids is 3. The number of rotatable bonds is 7. The zero-order valence-corrected chi connectivity index (χ0v) is 18.4. The Balaban J connectivity index is 1.56. The van der Waals surface area contributed by atoms with Crippen molar-refractivity contribution in [2.45, 2.75) is 6.92 Å². The van der Waals surface area contributed by atoms with E-state index < -0.39 is 11.9 Å². The average molecular weight is 453 g/mol. The van der Waals surface area contributed by atoms with Crippen LogP contribution in [0, 0.1) is 6.92 Å². The predicted octanol–water partition coefficient (Wildman–Crippen LogP) is 4.18. The first-order valence-electron chi connectivity index (χ1n) is 9.37. The second kappa shape index (κ2) is 10.2. The number of nitrogens with zero attached hydrogens (tertiary/aromatic N) is 1. The number of carbonyl (C=O) groups is 3. The zero-order chi connectivity index (χ0) is 22.4. The molecule has 0 spiro atoms. The minimum absolute atomic E-state index is 0.169. The SMILES string of the molecule is C=CCN1C(=O)/C(=C\c2ccc(C(=O)OCC(=O)Nc3ccc(C)cc3)cc2)SC1=S. The summed E-state index contributed by atoms with van der Waals surface area (Å²) in [4.78, 5) is 38.5. The van der Waals surface area contributed by atoms with Crippen molar-refractivity contribution >= 4 is 57.8 Å². The van der Waals surface area contributed by atoms with Crippen LogP contribution in [0.15, 0.2) is 66.1 Å². The van der Waals surface area contributed by atoms with Crippen LogP contribution < -0.4 is 5.32 Å². The Hall–Kier alpha value is -3.23. The van der Waals surface area contributed by atoms with Gasteiger partial charge in [0.15, 0.2) is 6.61 Å². The van der Waals surface area contributed by atoms with Crippen LogP contribution in [-0.4, -0.2) is 40.2 Å². The number of thiocarbonyl (C=S) groups is 1. The van der Waals surface area contributed by atoms with Crippen LogP contribution in [0.25, 0.3) is 6.08 Å². The minimum Gasteiger partial charge on any atom is -0.452 e. The molecular weight excluding hydrogens is 432 g/mol. The van der Waals surface area contributed by atoms with Gasteiger partial charge in [-0.15, -0.1) is 6.58 Å². The molecule has 1 aliphatic heterocycles. The molecule has 0 aliphatic carbocycles. The van der Waals surface area contributed by atoms with Crippen LogP contribution in [-0.2, 0) is 14.3 Å². The smallest absolute Gasteiger partial charge is 0.338 e. The molecule has 158 valence electrons. The van der Waals surface area contributed by atoms with E-state index in [1.54, 1.807) is 48.6 Å². The molecule has 0 unspecified atom stereocenters. The Labute approximate surface area is 190 Å². The Kier molecular flexibility index (Phi) is 7.38. The number of ether oxygens (including phenoxy) is 1. The number of esters is 1. The van der Waals surface area contributed by atoms with E-state index in [2.05, 4.69) is 11.9 Å². The molecular formula is C23H20N2O4S2. The van der Waals surface area contributed by atoms with Gasteiger partial charge in [-0.3, -0.25) is 14.5 Å². The van der Waals surface area contributed by atoms with Gasteiger partial charge in [0.1, 0.15) is 4.32 Å². The molecule has 1 fully saturated rings. The van der Waals surface area contributed by atoms with Crippen molar-refractivity contribution in [3.05, 3.63) is 82.8 Å². The molecule has 0 aromatic heterocycles. The highest BCUT2D eigenvalue weighted by Gasteiger charge is 2.30. The molecule has 0 radical (unpaired) electrons. The molecule has 2 aromatic carbocycles. The third kappa shape index (κ3) is 5.90. The maximum absolute atomic E-state index is 12.4. The van der Waals surface area contributed by atoms with Gasteiger partial charge in [0.2, 0.25) is 0 Å². The Morgan fingerprint density at radius 1 is 1.16 bits per heavy atom. The van der Waals surface area contributed by atoms with E-state index in [1.807, 2.05) is 19.1 Å². The zero-order valence-electron chi connectivity index (χ0n) is 16.8.